The van der Waals surface area contributed by atoms with Crippen LogP contribution in [0.2, 0.25) is 10.0 Å². The Bertz CT molecular complexity index is 1010. The minimum Gasteiger partial charge on any atom is -0.361 e. The number of carbonyl (C=O) groups is 1. The van der Waals surface area contributed by atoms with Crippen LogP contribution in [0, 0.1) is 0 Å². The van der Waals surface area contributed by atoms with E-state index in [1.54, 1.807) is 0 Å². The van der Waals surface area contributed by atoms with Crippen molar-refractivity contribution in [1.82, 2.24) is 9.88 Å². The van der Waals surface area contributed by atoms with Crippen molar-refractivity contribution in [2.24, 2.45) is 0 Å². The normalized spacial score (nSPS) is 15.3. The van der Waals surface area contributed by atoms with Gasteiger partial charge in [-0.1, -0.05) is 54.4 Å². The van der Waals surface area contributed by atoms with Gasteiger partial charge in [-0.2, -0.15) is 0 Å². The van der Waals surface area contributed by atoms with Gasteiger partial charge in [0.05, 0.1) is 10.0 Å². The third kappa shape index (κ3) is 3.66. The number of benzene rings is 2. The highest BCUT2D eigenvalue weighted by molar-refractivity contribution is 6.42. The maximum atomic E-state index is 13.0. The van der Waals surface area contributed by atoms with E-state index in [1.165, 1.54) is 10.9 Å². The number of hydrogen-bond donors (Lipinski definition) is 1. The third-order valence-corrected chi connectivity index (χ3v) is 6.51. The summed E-state index contributed by atoms with van der Waals surface area (Å²) in [6.07, 6.45) is 5.63. The van der Waals surface area contributed by atoms with E-state index in [0.717, 1.165) is 49.0 Å². The smallest absolute Gasteiger partial charge is 0.223 e. The van der Waals surface area contributed by atoms with Crippen molar-refractivity contribution in [1.29, 1.82) is 0 Å². The number of nitrogens with one attached hydrogen (secondary N) is 1. The second kappa shape index (κ2) is 8.18. The van der Waals surface area contributed by atoms with Crippen LogP contribution in [0.3, 0.4) is 0 Å². The molecule has 1 fully saturated rings. The zero-order valence-electron chi connectivity index (χ0n) is 16.0. The summed E-state index contributed by atoms with van der Waals surface area (Å²) in [5.41, 5.74) is 4.59. The van der Waals surface area contributed by atoms with Crippen LogP contribution in [0.15, 0.2) is 42.6 Å². The molecule has 146 valence electrons. The fourth-order valence-electron chi connectivity index (χ4n) is 4.23. The molecule has 1 N–H and O–H groups in total. The molecule has 0 radical (unpaired) electrons. The first kappa shape index (κ1) is 19.4. The van der Waals surface area contributed by atoms with Crippen molar-refractivity contribution in [3.63, 3.8) is 0 Å². The monoisotopic (exact) mass is 414 g/mol. The van der Waals surface area contributed by atoms with Gasteiger partial charge in [-0.15, -0.1) is 0 Å². The lowest BCUT2D eigenvalue weighted by Crippen LogP contribution is -2.29. The number of likely N-dealkylation sites (tertiary alicyclic amines) is 1. The Labute approximate surface area is 175 Å². The Hall–Kier alpha value is -1.97. The van der Waals surface area contributed by atoms with Crippen LogP contribution in [-0.4, -0.2) is 28.9 Å². The molecule has 2 aromatic carbocycles. The highest BCUT2D eigenvalue weighted by Crippen LogP contribution is 2.37. The number of amides is 1. The van der Waals surface area contributed by atoms with Gasteiger partial charge in [0.25, 0.3) is 0 Å². The molecule has 1 saturated heterocycles. The SMILES string of the molecule is CCc1cccc2c(C(CC(=O)N3CCCC3)c3ccc(Cl)c(Cl)c3)c[nH]c12. The highest BCUT2D eigenvalue weighted by Gasteiger charge is 2.26. The van der Waals surface area contributed by atoms with Gasteiger partial charge in [-0.25, -0.2) is 0 Å². The van der Waals surface area contributed by atoms with Gasteiger partial charge in [0, 0.05) is 42.5 Å². The van der Waals surface area contributed by atoms with E-state index in [1.807, 2.05) is 29.3 Å². The molecule has 0 aliphatic carbocycles. The lowest BCUT2D eigenvalue weighted by atomic mass is 9.87. The van der Waals surface area contributed by atoms with Crippen LogP contribution >= 0.6 is 23.2 Å². The van der Waals surface area contributed by atoms with Crippen LogP contribution in [-0.2, 0) is 11.2 Å². The standard InChI is InChI=1S/C23H24Cl2N2O/c1-2-15-6-5-7-17-19(14-26-23(15)17)18(13-22(28)27-10-3-4-11-27)16-8-9-20(24)21(25)12-16/h5-9,12,14,18,26H,2-4,10-11,13H2,1H3. The minimum absolute atomic E-state index is 0.0660. The number of aryl methyl sites for hydroxylation is 1. The van der Waals surface area contributed by atoms with Gasteiger partial charge in [-0.3, -0.25) is 4.79 Å². The molecule has 28 heavy (non-hydrogen) atoms. The van der Waals surface area contributed by atoms with Gasteiger partial charge in [0.2, 0.25) is 5.91 Å². The molecule has 5 heteroatoms. The minimum atomic E-state index is -0.0660. The average Bonchev–Trinajstić information content (AvgIpc) is 3.38. The Kier molecular flexibility index (Phi) is 5.65. The van der Waals surface area contributed by atoms with E-state index >= 15 is 0 Å². The molecule has 0 saturated carbocycles. The number of nitrogens with zero attached hydrogens (tertiary/aromatic N) is 1. The first-order valence-electron chi connectivity index (χ1n) is 9.90. The predicted molar refractivity (Wildman–Crippen MR) is 116 cm³/mol. The molecular formula is C23H24Cl2N2O. The Morgan fingerprint density at radius 2 is 1.93 bits per heavy atom. The molecule has 3 aromatic rings. The van der Waals surface area contributed by atoms with Gasteiger partial charge in [-0.05, 0) is 48.1 Å². The van der Waals surface area contributed by atoms with Crippen LogP contribution in [0.4, 0.5) is 0 Å². The lowest BCUT2D eigenvalue weighted by molar-refractivity contribution is -0.130. The molecular weight excluding hydrogens is 391 g/mol. The summed E-state index contributed by atoms with van der Waals surface area (Å²) in [5, 5.41) is 2.22. The Balaban J connectivity index is 1.78. The molecule has 0 spiro atoms. The van der Waals surface area contributed by atoms with Crippen LogP contribution < -0.4 is 0 Å². The topological polar surface area (TPSA) is 36.1 Å². The molecule has 1 amide bonds. The molecule has 4 rings (SSSR count). The molecule has 1 atom stereocenters. The summed E-state index contributed by atoms with van der Waals surface area (Å²) < 4.78 is 0. The second-order valence-electron chi connectivity index (χ2n) is 7.46. The van der Waals surface area contributed by atoms with E-state index in [2.05, 4.69) is 30.1 Å². The predicted octanol–water partition coefficient (Wildman–Crippen LogP) is 6.18. The maximum absolute atomic E-state index is 13.0. The summed E-state index contributed by atoms with van der Waals surface area (Å²) in [6.45, 7) is 3.88. The van der Waals surface area contributed by atoms with Crippen molar-refractivity contribution < 1.29 is 4.79 Å². The van der Waals surface area contributed by atoms with E-state index in [4.69, 9.17) is 23.2 Å². The number of para-hydroxylation sites is 1. The number of H-pyrrole nitrogens is 1. The third-order valence-electron chi connectivity index (χ3n) is 5.77. The van der Waals surface area contributed by atoms with Crippen molar-refractivity contribution in [3.05, 3.63) is 69.3 Å². The highest BCUT2D eigenvalue weighted by atomic mass is 35.5. The van der Waals surface area contributed by atoms with E-state index in [0.29, 0.717) is 16.5 Å². The van der Waals surface area contributed by atoms with E-state index in [-0.39, 0.29) is 11.8 Å². The molecule has 1 aliphatic heterocycles. The van der Waals surface area contributed by atoms with Gasteiger partial charge >= 0.3 is 0 Å². The first-order valence-corrected chi connectivity index (χ1v) is 10.7. The fourth-order valence-corrected chi connectivity index (χ4v) is 4.54. The van der Waals surface area contributed by atoms with Crippen LogP contribution in [0.25, 0.3) is 10.9 Å². The average molecular weight is 415 g/mol. The Morgan fingerprint density at radius 3 is 2.64 bits per heavy atom. The number of fused-ring (bicyclic) bond motifs is 1. The van der Waals surface area contributed by atoms with Crippen molar-refractivity contribution in [3.8, 4) is 0 Å². The van der Waals surface area contributed by atoms with Crippen molar-refractivity contribution >= 4 is 40.0 Å². The van der Waals surface area contributed by atoms with E-state index in [9.17, 15) is 4.79 Å². The van der Waals surface area contributed by atoms with Crippen LogP contribution in [0.5, 0.6) is 0 Å². The largest absolute Gasteiger partial charge is 0.361 e. The summed E-state index contributed by atoms with van der Waals surface area (Å²) in [5.74, 6) is 0.137. The summed E-state index contributed by atoms with van der Waals surface area (Å²) in [6, 6.07) is 12.1. The lowest BCUT2D eigenvalue weighted by Gasteiger charge is -2.22. The number of hydrogen-bond acceptors (Lipinski definition) is 1. The van der Waals surface area contributed by atoms with Crippen molar-refractivity contribution in [2.75, 3.05) is 13.1 Å². The molecule has 2 heterocycles. The molecule has 1 aromatic heterocycles. The van der Waals surface area contributed by atoms with Gasteiger partial charge in [0.15, 0.2) is 0 Å². The summed E-state index contributed by atoms with van der Waals surface area (Å²) in [7, 11) is 0. The second-order valence-corrected chi connectivity index (χ2v) is 8.27. The number of aromatic nitrogens is 1. The molecule has 1 aliphatic rings. The van der Waals surface area contributed by atoms with Crippen LogP contribution in [0.1, 0.15) is 48.8 Å². The summed E-state index contributed by atoms with van der Waals surface area (Å²) in [4.78, 5) is 18.4. The first-order chi connectivity index (χ1) is 13.6. The Morgan fingerprint density at radius 1 is 1.14 bits per heavy atom. The number of carbonyl (C=O) groups excluding carboxylic acids is 1. The van der Waals surface area contributed by atoms with Gasteiger partial charge < -0.3 is 9.88 Å². The quantitative estimate of drug-likeness (QED) is 0.531. The zero-order valence-corrected chi connectivity index (χ0v) is 17.5. The number of aromatic amines is 1. The summed E-state index contributed by atoms with van der Waals surface area (Å²) >= 11 is 12.5. The van der Waals surface area contributed by atoms with Gasteiger partial charge in [0.1, 0.15) is 0 Å². The van der Waals surface area contributed by atoms with E-state index < -0.39 is 0 Å². The number of rotatable bonds is 5. The zero-order chi connectivity index (χ0) is 19.7. The fraction of sp³-hybridized carbons (Fsp3) is 0.348. The molecule has 0 bridgehead atoms. The molecule has 3 nitrogen and oxygen atoms in total. The van der Waals surface area contributed by atoms with Crippen molar-refractivity contribution in [2.45, 2.75) is 38.5 Å². The molecule has 1 unspecified atom stereocenters. The maximum Gasteiger partial charge on any atom is 0.223 e. The number of halogens is 2.